The number of rotatable bonds is 3. The van der Waals surface area contributed by atoms with Gasteiger partial charge in [-0.25, -0.2) is 0 Å². The molecule has 0 spiro atoms. The smallest absolute Gasteiger partial charge is 0.274 e. The monoisotopic (exact) mass is 245 g/mol. The van der Waals surface area contributed by atoms with Crippen molar-refractivity contribution >= 4 is 5.91 Å². The maximum absolute atomic E-state index is 11.8. The number of nitrogens with zero attached hydrogens (tertiary/aromatic N) is 2. The first-order chi connectivity index (χ1) is 8.52. The third-order valence-corrected chi connectivity index (χ3v) is 2.21. The largest absolute Gasteiger partial charge is 0.461 e. The fourth-order valence-electron chi connectivity index (χ4n) is 1.29. The molecule has 2 heterocycles. The number of carbonyl (C=O) groups is 1. The molecular formula is C12H11N3O3. The molecule has 2 rings (SSSR count). The molecule has 2 aromatic rings. The van der Waals surface area contributed by atoms with E-state index in [-0.39, 0.29) is 5.69 Å². The summed E-state index contributed by atoms with van der Waals surface area (Å²) in [5.41, 5.74) is -0.856. The van der Waals surface area contributed by atoms with E-state index in [1.54, 1.807) is 26.0 Å². The number of amides is 1. The van der Waals surface area contributed by atoms with Crippen LogP contribution in [0.2, 0.25) is 0 Å². The van der Waals surface area contributed by atoms with Crippen LogP contribution < -0.4 is 5.32 Å². The van der Waals surface area contributed by atoms with Gasteiger partial charge in [-0.3, -0.25) is 4.79 Å². The van der Waals surface area contributed by atoms with E-state index in [2.05, 4.69) is 10.5 Å². The van der Waals surface area contributed by atoms with Crippen LogP contribution in [-0.4, -0.2) is 16.6 Å². The second-order valence-electron chi connectivity index (χ2n) is 4.24. The lowest BCUT2D eigenvalue weighted by Crippen LogP contribution is -2.42. The predicted octanol–water partition coefficient (Wildman–Crippen LogP) is 1.97. The van der Waals surface area contributed by atoms with Gasteiger partial charge >= 0.3 is 0 Å². The van der Waals surface area contributed by atoms with Crippen LogP contribution in [0, 0.1) is 11.3 Å². The van der Waals surface area contributed by atoms with Gasteiger partial charge in [0.05, 0.1) is 12.3 Å². The highest BCUT2D eigenvalue weighted by molar-refractivity contribution is 5.93. The van der Waals surface area contributed by atoms with Crippen LogP contribution in [-0.2, 0) is 0 Å². The molecule has 0 fully saturated rings. The van der Waals surface area contributed by atoms with Crippen LogP contribution >= 0.6 is 0 Å². The highest BCUT2D eigenvalue weighted by Crippen LogP contribution is 2.20. The van der Waals surface area contributed by atoms with Gasteiger partial charge in [0, 0.05) is 6.07 Å². The van der Waals surface area contributed by atoms with Crippen molar-refractivity contribution in [3.05, 3.63) is 30.2 Å². The molecule has 0 radical (unpaired) electrons. The minimum Gasteiger partial charge on any atom is -0.461 e. The molecule has 2 aromatic heterocycles. The zero-order chi connectivity index (χ0) is 13.2. The molecule has 6 nitrogen and oxygen atoms in total. The second kappa shape index (κ2) is 4.37. The highest BCUT2D eigenvalue weighted by Gasteiger charge is 2.23. The molecule has 0 saturated carbocycles. The second-order valence-corrected chi connectivity index (χ2v) is 4.24. The molecule has 1 N–H and O–H groups in total. The lowest BCUT2D eigenvalue weighted by molar-refractivity contribution is 0.0920. The number of hydrogen-bond acceptors (Lipinski definition) is 5. The van der Waals surface area contributed by atoms with Gasteiger partial charge in [-0.2, -0.15) is 5.26 Å². The molecule has 0 saturated heterocycles. The fourth-order valence-corrected chi connectivity index (χ4v) is 1.29. The van der Waals surface area contributed by atoms with Gasteiger partial charge in [0.1, 0.15) is 5.54 Å². The molecule has 0 aliphatic rings. The van der Waals surface area contributed by atoms with Gasteiger partial charge in [-0.15, -0.1) is 0 Å². The Balaban J connectivity index is 2.16. The Labute approximate surface area is 103 Å². The summed E-state index contributed by atoms with van der Waals surface area (Å²) in [6.07, 6.45) is 1.50. The van der Waals surface area contributed by atoms with Gasteiger partial charge in [0.2, 0.25) is 5.76 Å². The van der Waals surface area contributed by atoms with E-state index in [4.69, 9.17) is 14.2 Å². The van der Waals surface area contributed by atoms with Crippen LogP contribution in [0.3, 0.4) is 0 Å². The Morgan fingerprint density at radius 1 is 1.50 bits per heavy atom. The molecule has 0 aromatic carbocycles. The quantitative estimate of drug-likeness (QED) is 0.892. The van der Waals surface area contributed by atoms with Crippen LogP contribution in [0.5, 0.6) is 0 Å². The van der Waals surface area contributed by atoms with Gasteiger partial charge in [0.15, 0.2) is 11.5 Å². The number of carbonyl (C=O) groups excluding carboxylic acids is 1. The van der Waals surface area contributed by atoms with E-state index in [1.807, 2.05) is 6.07 Å². The Morgan fingerprint density at radius 3 is 2.89 bits per heavy atom. The number of hydrogen-bond donors (Lipinski definition) is 1. The van der Waals surface area contributed by atoms with Crippen molar-refractivity contribution in [3.8, 4) is 17.6 Å². The normalized spacial score (nSPS) is 10.9. The summed E-state index contributed by atoms with van der Waals surface area (Å²) in [6, 6.07) is 6.83. The van der Waals surface area contributed by atoms with Crippen molar-refractivity contribution in [3.63, 3.8) is 0 Å². The highest BCUT2D eigenvalue weighted by atomic mass is 16.5. The van der Waals surface area contributed by atoms with Crippen LogP contribution in [0.25, 0.3) is 11.5 Å². The van der Waals surface area contributed by atoms with E-state index in [0.29, 0.717) is 11.5 Å². The predicted molar refractivity (Wildman–Crippen MR) is 61.4 cm³/mol. The molecular weight excluding hydrogens is 234 g/mol. The zero-order valence-electron chi connectivity index (χ0n) is 9.93. The summed E-state index contributed by atoms with van der Waals surface area (Å²) in [5, 5.41) is 15.0. The Hall–Kier alpha value is -2.55. The van der Waals surface area contributed by atoms with E-state index < -0.39 is 11.4 Å². The lowest BCUT2D eigenvalue weighted by Gasteiger charge is -2.15. The van der Waals surface area contributed by atoms with E-state index >= 15 is 0 Å². The number of nitriles is 1. The van der Waals surface area contributed by atoms with Crippen molar-refractivity contribution < 1.29 is 13.7 Å². The first kappa shape index (κ1) is 11.9. The molecule has 18 heavy (non-hydrogen) atoms. The first-order valence-corrected chi connectivity index (χ1v) is 5.26. The Kier molecular flexibility index (Phi) is 2.90. The summed E-state index contributed by atoms with van der Waals surface area (Å²) in [5.74, 6) is 0.379. The molecule has 1 amide bonds. The summed E-state index contributed by atoms with van der Waals surface area (Å²) >= 11 is 0. The molecule has 92 valence electrons. The topological polar surface area (TPSA) is 92.1 Å². The van der Waals surface area contributed by atoms with E-state index in [0.717, 1.165) is 0 Å². The molecule has 0 bridgehead atoms. The van der Waals surface area contributed by atoms with Crippen molar-refractivity contribution in [2.45, 2.75) is 19.4 Å². The van der Waals surface area contributed by atoms with Crippen molar-refractivity contribution in [2.24, 2.45) is 0 Å². The molecule has 6 heteroatoms. The maximum Gasteiger partial charge on any atom is 0.274 e. The standard InChI is InChI=1S/C12H11N3O3/c1-12(2,7-13)14-11(16)8-6-10(18-15-8)9-4-3-5-17-9/h3-6H,1-2H3,(H,14,16). The maximum atomic E-state index is 11.8. The van der Waals surface area contributed by atoms with E-state index in [1.165, 1.54) is 12.3 Å². The van der Waals surface area contributed by atoms with Crippen molar-refractivity contribution in [1.82, 2.24) is 10.5 Å². The van der Waals surface area contributed by atoms with Gasteiger partial charge in [0.25, 0.3) is 5.91 Å². The Bertz CT molecular complexity index is 590. The summed E-state index contributed by atoms with van der Waals surface area (Å²) in [7, 11) is 0. The third kappa shape index (κ3) is 2.40. The van der Waals surface area contributed by atoms with Crippen LogP contribution in [0.4, 0.5) is 0 Å². The summed E-state index contributed by atoms with van der Waals surface area (Å²) < 4.78 is 10.1. The fraction of sp³-hybridized carbons (Fsp3) is 0.250. The number of nitrogens with one attached hydrogen (secondary N) is 1. The molecule has 0 unspecified atom stereocenters. The summed E-state index contributed by atoms with van der Waals surface area (Å²) in [6.45, 7) is 3.19. The van der Waals surface area contributed by atoms with Crippen molar-refractivity contribution in [1.29, 1.82) is 5.26 Å². The third-order valence-electron chi connectivity index (χ3n) is 2.21. The lowest BCUT2D eigenvalue weighted by atomic mass is 10.1. The Morgan fingerprint density at radius 2 is 2.28 bits per heavy atom. The van der Waals surface area contributed by atoms with Gasteiger partial charge < -0.3 is 14.3 Å². The average Bonchev–Trinajstić information content (AvgIpc) is 2.99. The summed E-state index contributed by atoms with van der Waals surface area (Å²) in [4.78, 5) is 11.8. The van der Waals surface area contributed by atoms with Crippen molar-refractivity contribution in [2.75, 3.05) is 0 Å². The molecule has 0 aliphatic carbocycles. The number of furan rings is 1. The molecule has 0 aliphatic heterocycles. The number of aromatic nitrogens is 1. The van der Waals surface area contributed by atoms with E-state index in [9.17, 15) is 4.79 Å². The molecule has 0 atom stereocenters. The average molecular weight is 245 g/mol. The van der Waals surface area contributed by atoms with Gasteiger partial charge in [-0.1, -0.05) is 5.16 Å². The van der Waals surface area contributed by atoms with Crippen LogP contribution in [0.15, 0.2) is 33.4 Å². The van der Waals surface area contributed by atoms with Gasteiger partial charge in [-0.05, 0) is 26.0 Å². The van der Waals surface area contributed by atoms with Crippen LogP contribution in [0.1, 0.15) is 24.3 Å². The SMILES string of the molecule is CC(C)(C#N)NC(=O)c1cc(-c2ccco2)on1. The minimum atomic E-state index is -0.957. The zero-order valence-corrected chi connectivity index (χ0v) is 9.93. The minimum absolute atomic E-state index is 0.102. The first-order valence-electron chi connectivity index (χ1n) is 5.26.